The minimum absolute atomic E-state index is 0.156. The zero-order valence-corrected chi connectivity index (χ0v) is 17.0. The molecule has 1 fully saturated rings. The lowest BCUT2D eigenvalue weighted by Gasteiger charge is -2.27. The Hall–Kier alpha value is -3.47. The van der Waals surface area contributed by atoms with Crippen LogP contribution < -0.4 is 22.1 Å². The van der Waals surface area contributed by atoms with E-state index in [-0.39, 0.29) is 19.4 Å². The molecule has 7 N–H and O–H groups in total. The number of carbonyl (C=O) groups excluding carboxylic acids is 4. The van der Waals surface area contributed by atoms with Gasteiger partial charge in [0.1, 0.15) is 12.1 Å². The summed E-state index contributed by atoms with van der Waals surface area (Å²) in [5.74, 6) is -3.73. The third-order valence-electron chi connectivity index (χ3n) is 4.92. The van der Waals surface area contributed by atoms with E-state index in [1.54, 1.807) is 24.3 Å². The second kappa shape index (κ2) is 11.1. The van der Waals surface area contributed by atoms with Crippen molar-refractivity contribution in [1.29, 1.82) is 0 Å². The number of nitrogens with two attached hydrogens (primary N) is 2. The lowest BCUT2D eigenvalue weighted by Crippen LogP contribution is -2.54. The van der Waals surface area contributed by atoms with Crippen molar-refractivity contribution in [2.24, 2.45) is 11.5 Å². The quantitative estimate of drug-likeness (QED) is 0.285. The van der Waals surface area contributed by atoms with Crippen LogP contribution in [0.5, 0.6) is 0 Å². The first-order chi connectivity index (χ1) is 14.7. The fourth-order valence-corrected chi connectivity index (χ4v) is 3.39. The average molecular weight is 433 g/mol. The summed E-state index contributed by atoms with van der Waals surface area (Å²) >= 11 is 0. The Morgan fingerprint density at radius 2 is 1.84 bits per heavy atom. The standard InChI is InChI=1S/C20H27N5O6/c21-13(10-16(22)26)18(28)23-11-17(27)24-14(9-12-5-2-1-3-6-12)19(29)25-8-4-7-15(25)20(30)31/h1-3,5-6,13-15H,4,7-11,21H2,(H2,22,26)(H,23,28)(H,24,27)(H,30,31)/t13-,14-,15+/m0/s1. The fourth-order valence-electron chi connectivity index (χ4n) is 3.39. The van der Waals surface area contributed by atoms with E-state index in [0.717, 1.165) is 5.56 Å². The van der Waals surface area contributed by atoms with Crippen LogP contribution in [0.1, 0.15) is 24.8 Å². The number of nitrogens with zero attached hydrogens (tertiary/aromatic N) is 1. The van der Waals surface area contributed by atoms with E-state index in [1.165, 1.54) is 4.90 Å². The molecule has 0 aromatic heterocycles. The number of likely N-dealkylation sites (tertiary alicyclic amines) is 1. The number of hydrogen-bond donors (Lipinski definition) is 5. The molecule has 0 aliphatic carbocycles. The van der Waals surface area contributed by atoms with Gasteiger partial charge in [-0.15, -0.1) is 0 Å². The number of hydrogen-bond acceptors (Lipinski definition) is 6. The maximum Gasteiger partial charge on any atom is 0.326 e. The van der Waals surface area contributed by atoms with Gasteiger partial charge in [-0.05, 0) is 18.4 Å². The summed E-state index contributed by atoms with van der Waals surface area (Å²) in [7, 11) is 0. The van der Waals surface area contributed by atoms with Gasteiger partial charge < -0.3 is 32.1 Å². The summed E-state index contributed by atoms with van der Waals surface area (Å²) in [6.45, 7) is -0.179. The summed E-state index contributed by atoms with van der Waals surface area (Å²) in [4.78, 5) is 60.9. The molecule has 1 aliphatic rings. The molecular formula is C20H27N5O6. The number of amides is 4. The molecule has 0 spiro atoms. The molecule has 2 rings (SSSR count). The number of benzene rings is 1. The van der Waals surface area contributed by atoms with Crippen molar-refractivity contribution in [2.75, 3.05) is 13.1 Å². The lowest BCUT2D eigenvalue weighted by molar-refractivity contribution is -0.149. The smallest absolute Gasteiger partial charge is 0.326 e. The number of aliphatic carboxylic acids is 1. The minimum Gasteiger partial charge on any atom is -0.480 e. The van der Waals surface area contributed by atoms with Crippen molar-refractivity contribution in [3.05, 3.63) is 35.9 Å². The predicted octanol–water partition coefficient (Wildman–Crippen LogP) is -1.89. The predicted molar refractivity (Wildman–Crippen MR) is 109 cm³/mol. The summed E-state index contributed by atoms with van der Waals surface area (Å²) < 4.78 is 0. The number of carbonyl (C=O) groups is 5. The first-order valence-electron chi connectivity index (χ1n) is 9.87. The molecule has 4 amide bonds. The van der Waals surface area contributed by atoms with Gasteiger partial charge in [0, 0.05) is 13.0 Å². The Kier molecular flexibility index (Phi) is 8.50. The molecule has 1 saturated heterocycles. The zero-order chi connectivity index (χ0) is 23.0. The van der Waals surface area contributed by atoms with E-state index >= 15 is 0 Å². The molecule has 0 bridgehead atoms. The number of rotatable bonds is 10. The van der Waals surface area contributed by atoms with Crippen molar-refractivity contribution >= 4 is 29.6 Å². The van der Waals surface area contributed by atoms with Crippen LogP contribution in [0.25, 0.3) is 0 Å². The Balaban J connectivity index is 2.05. The second-order valence-electron chi connectivity index (χ2n) is 7.33. The minimum atomic E-state index is -1.19. The summed E-state index contributed by atoms with van der Waals surface area (Å²) in [6, 6.07) is 5.83. The highest BCUT2D eigenvalue weighted by atomic mass is 16.4. The van der Waals surface area contributed by atoms with Gasteiger partial charge in [0.25, 0.3) is 0 Å². The SMILES string of the molecule is NC(=O)C[C@H](N)C(=O)NCC(=O)N[C@@H](Cc1ccccc1)C(=O)N1CCC[C@@H]1C(=O)O. The van der Waals surface area contributed by atoms with Gasteiger partial charge in [-0.25, -0.2) is 4.79 Å². The number of carboxylic acids is 1. The largest absolute Gasteiger partial charge is 0.480 e. The molecule has 11 nitrogen and oxygen atoms in total. The van der Waals surface area contributed by atoms with E-state index in [9.17, 15) is 29.1 Å². The Bertz CT molecular complexity index is 831. The normalized spacial score (nSPS) is 17.5. The third kappa shape index (κ3) is 7.07. The van der Waals surface area contributed by atoms with Gasteiger partial charge in [-0.1, -0.05) is 30.3 Å². The first kappa shape index (κ1) is 23.8. The maximum absolute atomic E-state index is 13.1. The Morgan fingerprint density at radius 3 is 2.45 bits per heavy atom. The topological polar surface area (TPSA) is 185 Å². The Morgan fingerprint density at radius 1 is 1.16 bits per heavy atom. The number of nitrogens with one attached hydrogen (secondary N) is 2. The van der Waals surface area contributed by atoms with Gasteiger partial charge in [-0.3, -0.25) is 19.2 Å². The summed E-state index contributed by atoms with van der Waals surface area (Å²) in [6.07, 6.45) is 0.695. The molecule has 168 valence electrons. The average Bonchev–Trinajstić information content (AvgIpc) is 3.21. The van der Waals surface area contributed by atoms with Crippen molar-refractivity contribution < 1.29 is 29.1 Å². The highest BCUT2D eigenvalue weighted by Gasteiger charge is 2.37. The first-order valence-corrected chi connectivity index (χ1v) is 9.87. The highest BCUT2D eigenvalue weighted by Crippen LogP contribution is 2.19. The molecular weight excluding hydrogens is 406 g/mol. The van der Waals surface area contributed by atoms with Crippen LogP contribution in [0, 0.1) is 0 Å². The van der Waals surface area contributed by atoms with Crippen molar-refractivity contribution in [3.63, 3.8) is 0 Å². The van der Waals surface area contributed by atoms with Gasteiger partial charge >= 0.3 is 5.97 Å². The van der Waals surface area contributed by atoms with Crippen molar-refractivity contribution in [3.8, 4) is 0 Å². The van der Waals surface area contributed by atoms with Crippen molar-refractivity contribution in [2.45, 2.75) is 43.8 Å². The van der Waals surface area contributed by atoms with Crippen LogP contribution in [0.3, 0.4) is 0 Å². The van der Waals surface area contributed by atoms with E-state index in [1.807, 2.05) is 6.07 Å². The van der Waals surface area contributed by atoms with Gasteiger partial charge in [0.2, 0.25) is 23.6 Å². The molecule has 31 heavy (non-hydrogen) atoms. The molecule has 1 aromatic carbocycles. The lowest BCUT2D eigenvalue weighted by atomic mass is 10.0. The third-order valence-corrected chi connectivity index (χ3v) is 4.92. The fraction of sp³-hybridized carbons (Fsp3) is 0.450. The molecule has 1 aliphatic heterocycles. The van der Waals surface area contributed by atoms with E-state index in [2.05, 4.69) is 10.6 Å². The van der Waals surface area contributed by atoms with Crippen LogP contribution in [0.2, 0.25) is 0 Å². The molecule has 1 heterocycles. The summed E-state index contributed by atoms with van der Waals surface area (Å²) in [5.41, 5.74) is 11.3. The molecule has 0 radical (unpaired) electrons. The Labute approximate surface area is 179 Å². The van der Waals surface area contributed by atoms with E-state index < -0.39 is 54.3 Å². The van der Waals surface area contributed by atoms with Gasteiger partial charge in [-0.2, -0.15) is 0 Å². The van der Waals surface area contributed by atoms with Crippen LogP contribution in [-0.2, 0) is 30.4 Å². The second-order valence-corrected chi connectivity index (χ2v) is 7.33. The monoisotopic (exact) mass is 433 g/mol. The zero-order valence-electron chi connectivity index (χ0n) is 17.0. The van der Waals surface area contributed by atoms with Crippen LogP contribution in [0.4, 0.5) is 0 Å². The van der Waals surface area contributed by atoms with E-state index in [4.69, 9.17) is 11.5 Å². The molecule has 1 aromatic rings. The number of carboxylic acid groups (broad SMARTS) is 1. The van der Waals surface area contributed by atoms with Gasteiger partial charge in [0.05, 0.1) is 19.0 Å². The van der Waals surface area contributed by atoms with Crippen LogP contribution in [0.15, 0.2) is 30.3 Å². The summed E-state index contributed by atoms with van der Waals surface area (Å²) in [5, 5.41) is 14.2. The van der Waals surface area contributed by atoms with Crippen molar-refractivity contribution in [1.82, 2.24) is 15.5 Å². The van der Waals surface area contributed by atoms with Crippen LogP contribution >= 0.6 is 0 Å². The molecule has 3 atom stereocenters. The maximum atomic E-state index is 13.1. The van der Waals surface area contributed by atoms with Crippen LogP contribution in [-0.4, -0.2) is 70.8 Å². The molecule has 0 saturated carbocycles. The number of primary amides is 1. The highest BCUT2D eigenvalue weighted by molar-refractivity contribution is 5.93. The van der Waals surface area contributed by atoms with Gasteiger partial charge in [0.15, 0.2) is 0 Å². The molecule has 0 unspecified atom stereocenters. The molecule has 11 heteroatoms. The van der Waals surface area contributed by atoms with E-state index in [0.29, 0.717) is 12.8 Å².